The second-order valence-corrected chi connectivity index (χ2v) is 5.90. The van der Waals surface area contributed by atoms with Gasteiger partial charge in [-0.15, -0.1) is 0 Å². The number of carbonyl (C=O) groups excluding carboxylic acids is 2. The number of esters is 1. The molecular weight excluding hydrogens is 362 g/mol. The topological polar surface area (TPSA) is 68.3 Å². The Kier molecular flexibility index (Phi) is 6.73. The van der Waals surface area contributed by atoms with Crippen LogP contribution in [0.3, 0.4) is 0 Å². The van der Waals surface area contributed by atoms with E-state index in [1.807, 2.05) is 0 Å². The Morgan fingerprint density at radius 2 is 1.89 bits per heavy atom. The molecule has 0 aromatic heterocycles. The average molecular weight is 384 g/mol. The van der Waals surface area contributed by atoms with E-state index in [1.54, 1.807) is 13.0 Å². The second kappa shape index (κ2) is 8.81. The number of benzene rings is 1. The Labute approximate surface area is 156 Å². The predicted octanol–water partition coefficient (Wildman–Crippen LogP) is 2.79. The highest BCUT2D eigenvalue weighted by molar-refractivity contribution is 5.95. The second-order valence-electron chi connectivity index (χ2n) is 5.90. The Bertz CT molecular complexity index is 738. The molecule has 9 heteroatoms. The summed E-state index contributed by atoms with van der Waals surface area (Å²) in [6, 6.07) is 4.73. The van der Waals surface area contributed by atoms with Crippen molar-refractivity contribution >= 4 is 12.0 Å². The van der Waals surface area contributed by atoms with Crippen molar-refractivity contribution in [3.8, 4) is 5.75 Å². The minimum absolute atomic E-state index is 0.0232. The number of halogens is 2. The third kappa shape index (κ3) is 4.36. The third-order valence-electron chi connectivity index (χ3n) is 4.31. The van der Waals surface area contributed by atoms with E-state index < -0.39 is 24.7 Å². The molecule has 1 aromatic rings. The molecule has 1 aromatic carbocycles. The van der Waals surface area contributed by atoms with Crippen LogP contribution in [0.2, 0.25) is 0 Å². The molecule has 0 fully saturated rings. The summed E-state index contributed by atoms with van der Waals surface area (Å²) in [5.74, 6) is -0.774. The minimum Gasteiger partial charge on any atom is -0.460 e. The molecular formula is C18H22F2N2O5. The number of likely N-dealkylation sites (N-methyl/N-ethyl adjacent to an activating group) is 1. The zero-order valence-corrected chi connectivity index (χ0v) is 15.6. The molecule has 1 aliphatic rings. The molecule has 0 saturated carbocycles. The number of alkyl halides is 2. The fraction of sp³-hybridized carbons (Fsp3) is 0.444. The summed E-state index contributed by atoms with van der Waals surface area (Å²) in [5, 5.41) is 0. The molecule has 0 saturated heterocycles. The molecule has 1 aliphatic heterocycles. The molecule has 2 amide bonds. The standard InChI is InChI=1S/C18H22F2N2O5/c1-11-14(16(23)26-10-9-25-4)15(22(3)18(24)21(11)2)12-7-5-6-8-13(12)27-17(19)20/h5-8,15,17H,9-10H2,1-4H3/t15-/m1/s1. The highest BCUT2D eigenvalue weighted by atomic mass is 19.3. The molecule has 1 heterocycles. The van der Waals surface area contributed by atoms with Crippen LogP contribution in [0.4, 0.5) is 13.6 Å². The molecule has 148 valence electrons. The van der Waals surface area contributed by atoms with Gasteiger partial charge in [-0.1, -0.05) is 18.2 Å². The van der Waals surface area contributed by atoms with Gasteiger partial charge in [0.2, 0.25) is 0 Å². The van der Waals surface area contributed by atoms with Gasteiger partial charge in [-0.25, -0.2) is 9.59 Å². The van der Waals surface area contributed by atoms with Gasteiger partial charge in [0, 0.05) is 32.5 Å². The van der Waals surface area contributed by atoms with E-state index in [9.17, 15) is 18.4 Å². The zero-order chi connectivity index (χ0) is 20.1. The number of hydrogen-bond donors (Lipinski definition) is 0. The van der Waals surface area contributed by atoms with Gasteiger partial charge in [0.25, 0.3) is 0 Å². The van der Waals surface area contributed by atoms with Crippen molar-refractivity contribution in [2.24, 2.45) is 0 Å². The molecule has 7 nitrogen and oxygen atoms in total. The summed E-state index contributed by atoms with van der Waals surface area (Å²) in [7, 11) is 4.48. The summed E-state index contributed by atoms with van der Waals surface area (Å²) in [4.78, 5) is 27.8. The molecule has 0 radical (unpaired) electrons. The van der Waals surface area contributed by atoms with Crippen LogP contribution in [0, 0.1) is 0 Å². The average Bonchev–Trinajstić information content (AvgIpc) is 2.63. The Morgan fingerprint density at radius 1 is 1.22 bits per heavy atom. The van der Waals surface area contributed by atoms with Crippen LogP contribution >= 0.6 is 0 Å². The van der Waals surface area contributed by atoms with E-state index >= 15 is 0 Å². The number of allylic oxidation sites excluding steroid dienone is 1. The number of rotatable bonds is 7. The van der Waals surface area contributed by atoms with Gasteiger partial charge >= 0.3 is 18.6 Å². The van der Waals surface area contributed by atoms with Crippen molar-refractivity contribution in [1.82, 2.24) is 9.80 Å². The van der Waals surface area contributed by atoms with Gasteiger partial charge in [-0.2, -0.15) is 8.78 Å². The van der Waals surface area contributed by atoms with E-state index in [2.05, 4.69) is 4.74 Å². The number of methoxy groups -OCH3 is 1. The lowest BCUT2D eigenvalue weighted by Crippen LogP contribution is -2.47. The van der Waals surface area contributed by atoms with Gasteiger partial charge in [-0.05, 0) is 13.0 Å². The molecule has 0 bridgehead atoms. The Balaban J connectivity index is 2.53. The van der Waals surface area contributed by atoms with Gasteiger partial charge in [0.15, 0.2) is 0 Å². The van der Waals surface area contributed by atoms with E-state index in [4.69, 9.17) is 9.47 Å². The Morgan fingerprint density at radius 3 is 2.52 bits per heavy atom. The van der Waals surface area contributed by atoms with E-state index in [1.165, 1.54) is 49.2 Å². The van der Waals surface area contributed by atoms with Crippen molar-refractivity contribution in [3.63, 3.8) is 0 Å². The largest absolute Gasteiger partial charge is 0.460 e. The first kappa shape index (κ1) is 20.6. The SMILES string of the molecule is COCCOC(=O)C1=C(C)N(C)C(=O)N(C)[C@@H]1c1ccccc1OC(F)F. The normalized spacial score (nSPS) is 17.6. The first-order valence-electron chi connectivity index (χ1n) is 8.20. The molecule has 0 N–H and O–H groups in total. The van der Waals surface area contributed by atoms with Crippen molar-refractivity contribution < 1.29 is 32.6 Å². The number of carbonyl (C=O) groups is 2. The monoisotopic (exact) mass is 384 g/mol. The highest BCUT2D eigenvalue weighted by Crippen LogP contribution is 2.40. The molecule has 0 unspecified atom stereocenters. The van der Waals surface area contributed by atoms with Crippen molar-refractivity contribution in [3.05, 3.63) is 41.1 Å². The number of amides is 2. The number of ether oxygens (including phenoxy) is 3. The molecule has 0 aliphatic carbocycles. The zero-order valence-electron chi connectivity index (χ0n) is 15.6. The number of hydrogen-bond acceptors (Lipinski definition) is 5. The van der Waals surface area contributed by atoms with Crippen molar-refractivity contribution in [1.29, 1.82) is 0 Å². The van der Waals surface area contributed by atoms with Crippen LogP contribution < -0.4 is 4.74 Å². The summed E-state index contributed by atoms with van der Waals surface area (Å²) in [6.45, 7) is -1.21. The van der Waals surface area contributed by atoms with Gasteiger partial charge in [0.1, 0.15) is 12.4 Å². The first-order valence-corrected chi connectivity index (χ1v) is 8.20. The summed E-state index contributed by atoms with van der Waals surface area (Å²) < 4.78 is 40.3. The van der Waals surface area contributed by atoms with Crippen molar-refractivity contribution in [2.75, 3.05) is 34.4 Å². The molecule has 27 heavy (non-hydrogen) atoms. The highest BCUT2D eigenvalue weighted by Gasteiger charge is 2.40. The van der Waals surface area contributed by atoms with Gasteiger partial charge in [0.05, 0.1) is 18.2 Å². The lowest BCUT2D eigenvalue weighted by Gasteiger charge is -2.39. The summed E-state index contributed by atoms with van der Waals surface area (Å²) in [5.41, 5.74) is 0.804. The van der Waals surface area contributed by atoms with Crippen LogP contribution in [0.25, 0.3) is 0 Å². The molecule has 1 atom stereocenters. The fourth-order valence-corrected chi connectivity index (χ4v) is 2.89. The minimum atomic E-state index is -3.04. The van der Waals surface area contributed by atoms with E-state index in [0.717, 1.165) is 0 Å². The fourth-order valence-electron chi connectivity index (χ4n) is 2.89. The summed E-state index contributed by atoms with van der Waals surface area (Å²) in [6.07, 6.45) is 0. The first-order chi connectivity index (χ1) is 12.8. The Hall–Kier alpha value is -2.68. The molecule has 2 rings (SSSR count). The van der Waals surface area contributed by atoms with Crippen LogP contribution in [-0.2, 0) is 14.3 Å². The third-order valence-corrected chi connectivity index (χ3v) is 4.31. The summed E-state index contributed by atoms with van der Waals surface area (Å²) >= 11 is 0. The van der Waals surface area contributed by atoms with Gasteiger partial charge < -0.3 is 24.0 Å². The lowest BCUT2D eigenvalue weighted by atomic mass is 9.93. The maximum absolute atomic E-state index is 12.8. The van der Waals surface area contributed by atoms with Crippen LogP contribution in [-0.4, -0.2) is 62.8 Å². The van der Waals surface area contributed by atoms with Crippen LogP contribution in [0.15, 0.2) is 35.5 Å². The van der Waals surface area contributed by atoms with Crippen molar-refractivity contribution in [2.45, 2.75) is 19.6 Å². The molecule has 0 spiro atoms. The van der Waals surface area contributed by atoms with Crippen LogP contribution in [0.5, 0.6) is 5.75 Å². The predicted molar refractivity (Wildman–Crippen MR) is 92.3 cm³/mol. The van der Waals surface area contributed by atoms with Gasteiger partial charge in [-0.3, -0.25) is 0 Å². The maximum atomic E-state index is 12.8. The van der Waals surface area contributed by atoms with E-state index in [-0.39, 0.29) is 30.1 Å². The number of para-hydroxylation sites is 1. The lowest BCUT2D eigenvalue weighted by molar-refractivity contribution is -0.141. The van der Waals surface area contributed by atoms with Crippen LogP contribution in [0.1, 0.15) is 18.5 Å². The quantitative estimate of drug-likeness (QED) is 0.534. The smallest absolute Gasteiger partial charge is 0.387 e. The number of urea groups is 1. The maximum Gasteiger partial charge on any atom is 0.387 e. The number of nitrogens with zero attached hydrogens (tertiary/aromatic N) is 2. The van der Waals surface area contributed by atoms with E-state index in [0.29, 0.717) is 5.70 Å².